The molecule has 0 bridgehead atoms. The summed E-state index contributed by atoms with van der Waals surface area (Å²) in [5.41, 5.74) is 1.17. The minimum atomic E-state index is -0.891. The van der Waals surface area contributed by atoms with E-state index in [4.69, 9.17) is 9.47 Å². The van der Waals surface area contributed by atoms with Gasteiger partial charge < -0.3 is 19.9 Å². The maximum Gasteiger partial charge on any atom is 0.325 e. The van der Waals surface area contributed by atoms with Gasteiger partial charge >= 0.3 is 17.9 Å². The maximum atomic E-state index is 13.2. The van der Waals surface area contributed by atoms with Crippen molar-refractivity contribution < 1.29 is 33.8 Å². The van der Waals surface area contributed by atoms with Crippen molar-refractivity contribution in [2.24, 2.45) is 62.1 Å². The average molecular weight is 714 g/mol. The lowest BCUT2D eigenvalue weighted by Gasteiger charge is -2.73. The van der Waals surface area contributed by atoms with E-state index in [0.29, 0.717) is 36.2 Å². The first-order chi connectivity index (χ1) is 23.1. The lowest BCUT2D eigenvalue weighted by atomic mass is 9.32. The Balaban J connectivity index is 0.00000583. The molecule has 51 heavy (non-hydrogen) atoms. The van der Waals surface area contributed by atoms with Gasteiger partial charge in [-0.1, -0.05) is 68.0 Å². The number of carboxylic acids is 1. The second-order valence-corrected chi connectivity index (χ2v) is 19.7. The predicted molar refractivity (Wildman–Crippen MR) is 200 cm³/mol. The van der Waals surface area contributed by atoms with E-state index in [9.17, 15) is 24.3 Å². The third-order valence-corrected chi connectivity index (χ3v) is 16.0. The minimum Gasteiger partial charge on any atom is -0.481 e. The Kier molecular flexibility index (Phi) is 11.7. The molecule has 2 N–H and O–H groups in total. The number of carbonyl (C=O) groups excluding carboxylic acids is 3. The van der Waals surface area contributed by atoms with Crippen LogP contribution in [0.2, 0.25) is 0 Å². The topological polar surface area (TPSA) is 119 Å². The third-order valence-electron chi connectivity index (χ3n) is 16.0. The number of nitrogens with one attached hydrogen (secondary N) is 1. The number of rotatable bonds is 11. The number of aliphatic carboxylic acids is 1. The van der Waals surface area contributed by atoms with Crippen molar-refractivity contribution in [1.82, 2.24) is 5.32 Å². The molecular weight excluding hydrogens is 642 g/mol. The quantitative estimate of drug-likeness (QED) is 0.162. The Hall–Kier alpha value is -2.38. The molecule has 0 aromatic heterocycles. The first-order valence-electron chi connectivity index (χ1n) is 19.6. The fraction of sp³-hybridized carbons (Fsp3) is 0.860. The molecule has 5 fully saturated rings. The number of carbonyl (C=O) groups is 4. The van der Waals surface area contributed by atoms with E-state index >= 15 is 0 Å². The zero-order valence-corrected chi connectivity index (χ0v) is 32.7. The number of carboxylic acid groups (broad SMARTS) is 1. The molecule has 5 rings (SSSR count). The number of esters is 2. The number of hydrogen-bond donors (Lipinski definition) is 2. The van der Waals surface area contributed by atoms with Crippen molar-refractivity contribution in [2.75, 3.05) is 13.2 Å². The molecule has 0 heterocycles. The molecule has 0 aromatic rings. The zero-order chi connectivity index (χ0) is 37.1. The van der Waals surface area contributed by atoms with Gasteiger partial charge in [0, 0.05) is 12.3 Å². The van der Waals surface area contributed by atoms with Gasteiger partial charge in [0.05, 0.1) is 19.4 Å². The molecule has 10 atom stereocenters. The standard InChI is InChI=1S/C42H67NO7.CH4/c1-26(2)28-13-18-42(21-22-49-35(48)25-43-27(3)44)20-19-40(9)29(36(28)42)11-12-31-39(8)16-15-32(38(6,7)30(39)14-17-41(31,40)10)50-34(47)24-37(4,5)23-33(45)46;/h28-32,36H,1,11-25H2,2-10H3,(H,43,44)(H,45,46);1H4/t28-,29+,30-,31+,32-,36+,39-,40+,41+,42+;/m0./s1. The number of ether oxygens (including phenoxy) is 2. The van der Waals surface area contributed by atoms with Gasteiger partial charge in [-0.15, -0.1) is 0 Å². The molecule has 0 aliphatic heterocycles. The monoisotopic (exact) mass is 714 g/mol. The molecule has 0 radical (unpaired) electrons. The molecule has 290 valence electrons. The van der Waals surface area contributed by atoms with Crippen LogP contribution in [0.15, 0.2) is 12.2 Å². The number of fused-ring (bicyclic) bond motifs is 7. The van der Waals surface area contributed by atoms with Crippen LogP contribution >= 0.6 is 0 Å². The lowest BCUT2D eigenvalue weighted by molar-refractivity contribution is -0.251. The number of allylic oxidation sites excluding steroid dienone is 1. The summed E-state index contributed by atoms with van der Waals surface area (Å²) >= 11 is 0. The van der Waals surface area contributed by atoms with E-state index in [0.717, 1.165) is 44.9 Å². The van der Waals surface area contributed by atoms with Gasteiger partial charge in [-0.3, -0.25) is 19.2 Å². The first-order valence-corrected chi connectivity index (χ1v) is 19.6. The molecule has 5 saturated carbocycles. The van der Waals surface area contributed by atoms with Crippen LogP contribution in [0.3, 0.4) is 0 Å². The van der Waals surface area contributed by atoms with Crippen molar-refractivity contribution in [3.63, 3.8) is 0 Å². The second kappa shape index (κ2) is 14.5. The van der Waals surface area contributed by atoms with E-state index < -0.39 is 11.4 Å². The highest BCUT2D eigenvalue weighted by Crippen LogP contribution is 2.78. The van der Waals surface area contributed by atoms with E-state index in [1.807, 2.05) is 13.8 Å². The Morgan fingerprint density at radius 1 is 0.824 bits per heavy atom. The number of amides is 1. The Bertz CT molecular complexity index is 1370. The highest BCUT2D eigenvalue weighted by molar-refractivity contribution is 5.80. The van der Waals surface area contributed by atoms with Crippen molar-refractivity contribution in [1.29, 1.82) is 0 Å². The lowest BCUT2D eigenvalue weighted by Crippen LogP contribution is -2.66. The van der Waals surface area contributed by atoms with E-state index in [1.165, 1.54) is 38.2 Å². The molecule has 5 aliphatic carbocycles. The van der Waals surface area contributed by atoms with Gasteiger partial charge in [0.1, 0.15) is 12.6 Å². The first kappa shape index (κ1) is 41.4. The fourth-order valence-corrected chi connectivity index (χ4v) is 13.6. The van der Waals surface area contributed by atoms with E-state index in [1.54, 1.807) is 0 Å². The summed E-state index contributed by atoms with van der Waals surface area (Å²) in [6.07, 6.45) is 12.1. The van der Waals surface area contributed by atoms with Crippen LogP contribution in [0.25, 0.3) is 0 Å². The van der Waals surface area contributed by atoms with Crippen molar-refractivity contribution >= 4 is 23.8 Å². The van der Waals surface area contributed by atoms with Crippen LogP contribution in [0.4, 0.5) is 0 Å². The van der Waals surface area contributed by atoms with Gasteiger partial charge in [-0.2, -0.15) is 0 Å². The molecule has 0 aromatic carbocycles. The highest BCUT2D eigenvalue weighted by atomic mass is 16.5. The van der Waals surface area contributed by atoms with E-state index in [2.05, 4.69) is 53.4 Å². The minimum absolute atomic E-state index is 0. The summed E-state index contributed by atoms with van der Waals surface area (Å²) in [4.78, 5) is 48.3. The van der Waals surface area contributed by atoms with Gasteiger partial charge in [0.15, 0.2) is 0 Å². The Labute approximate surface area is 309 Å². The van der Waals surface area contributed by atoms with Crippen LogP contribution in [-0.4, -0.2) is 48.2 Å². The van der Waals surface area contributed by atoms with Gasteiger partial charge in [-0.05, 0) is 134 Å². The third kappa shape index (κ3) is 7.29. The molecule has 5 aliphatic rings. The van der Waals surface area contributed by atoms with Crippen LogP contribution in [0.5, 0.6) is 0 Å². The molecule has 8 nitrogen and oxygen atoms in total. The fourth-order valence-electron chi connectivity index (χ4n) is 13.6. The van der Waals surface area contributed by atoms with Crippen LogP contribution in [0.1, 0.15) is 153 Å². The van der Waals surface area contributed by atoms with Gasteiger partial charge in [-0.25, -0.2) is 0 Å². The van der Waals surface area contributed by atoms with Crippen LogP contribution in [0, 0.1) is 62.1 Å². The van der Waals surface area contributed by atoms with Crippen molar-refractivity contribution in [2.45, 2.75) is 159 Å². The second-order valence-electron chi connectivity index (χ2n) is 19.7. The smallest absolute Gasteiger partial charge is 0.325 e. The van der Waals surface area contributed by atoms with Gasteiger partial charge in [0.2, 0.25) is 5.91 Å². The molecule has 1 amide bonds. The molecule has 0 saturated heterocycles. The molecule has 0 unspecified atom stereocenters. The van der Waals surface area contributed by atoms with Crippen molar-refractivity contribution in [3.05, 3.63) is 12.2 Å². The number of hydrogen-bond acceptors (Lipinski definition) is 6. The Morgan fingerprint density at radius 2 is 1.51 bits per heavy atom. The van der Waals surface area contributed by atoms with Crippen LogP contribution in [-0.2, 0) is 28.7 Å². The summed E-state index contributed by atoms with van der Waals surface area (Å²) in [5.74, 6) is 0.893. The van der Waals surface area contributed by atoms with E-state index in [-0.39, 0.29) is 77.8 Å². The van der Waals surface area contributed by atoms with Crippen LogP contribution < -0.4 is 5.32 Å². The Morgan fingerprint density at radius 3 is 2.14 bits per heavy atom. The normalized spacial score (nSPS) is 39.5. The summed E-state index contributed by atoms with van der Waals surface area (Å²) < 4.78 is 12.0. The summed E-state index contributed by atoms with van der Waals surface area (Å²) in [5, 5.41) is 11.9. The average Bonchev–Trinajstić information content (AvgIpc) is 3.37. The summed E-state index contributed by atoms with van der Waals surface area (Å²) in [6.45, 7) is 24.6. The SMILES string of the molecule is C.C=C(C)[C@@H]1CC[C@]2(CCOC(=O)CNC(C)=O)CC[C@]3(C)[C@H](CC[C@@H]4[C@@]5(C)CC[C@H](OC(=O)CC(C)(C)CC(=O)O)C(C)(C)[C@@H]5CC[C@]43C)[C@@H]12. The summed E-state index contributed by atoms with van der Waals surface area (Å²) in [7, 11) is 0. The largest absolute Gasteiger partial charge is 0.481 e. The maximum absolute atomic E-state index is 13.2. The predicted octanol–water partition coefficient (Wildman–Crippen LogP) is 9.15. The molecule has 0 spiro atoms. The van der Waals surface area contributed by atoms with Crippen molar-refractivity contribution in [3.8, 4) is 0 Å². The summed E-state index contributed by atoms with van der Waals surface area (Å²) in [6, 6.07) is 0. The molecular formula is C43H71NO7. The van der Waals surface area contributed by atoms with Gasteiger partial charge in [0.25, 0.3) is 0 Å². The zero-order valence-electron chi connectivity index (χ0n) is 32.7. The molecule has 8 heteroatoms. The highest BCUT2D eigenvalue weighted by Gasteiger charge is 2.71.